The number of para-hydroxylation sites is 1. The predicted octanol–water partition coefficient (Wildman–Crippen LogP) is 4.53. The highest BCUT2D eigenvalue weighted by molar-refractivity contribution is 6.44. The van der Waals surface area contributed by atoms with Crippen molar-refractivity contribution in [3.63, 3.8) is 0 Å². The first-order valence-corrected chi connectivity index (χ1v) is 6.82. The van der Waals surface area contributed by atoms with Crippen LogP contribution in [0.25, 0.3) is 0 Å². The van der Waals surface area contributed by atoms with Crippen molar-refractivity contribution in [2.45, 2.75) is 6.42 Å². The zero-order chi connectivity index (χ0) is 14.7. The zero-order valence-electron chi connectivity index (χ0n) is 10.2. The highest BCUT2D eigenvalue weighted by Gasteiger charge is 2.11. The van der Waals surface area contributed by atoms with Gasteiger partial charge in [0, 0.05) is 5.56 Å². The van der Waals surface area contributed by atoms with Crippen molar-refractivity contribution >= 4 is 46.4 Å². The molecular formula is C14H10Cl3NO2. The average Bonchev–Trinajstić information content (AvgIpc) is 2.39. The van der Waals surface area contributed by atoms with Gasteiger partial charge in [-0.05, 0) is 18.2 Å². The van der Waals surface area contributed by atoms with Gasteiger partial charge in [-0.1, -0.05) is 53.0 Å². The lowest BCUT2D eigenvalue weighted by Crippen LogP contribution is -2.14. The van der Waals surface area contributed by atoms with E-state index in [1.807, 2.05) is 0 Å². The molecule has 2 N–H and O–H groups in total. The predicted molar refractivity (Wildman–Crippen MR) is 81.9 cm³/mol. The summed E-state index contributed by atoms with van der Waals surface area (Å²) in [6.07, 6.45) is 0.0310. The summed E-state index contributed by atoms with van der Waals surface area (Å²) in [5, 5.41) is 13.2. The van der Waals surface area contributed by atoms with Gasteiger partial charge < -0.3 is 10.4 Å². The molecule has 0 aliphatic carbocycles. The van der Waals surface area contributed by atoms with Crippen LogP contribution in [0.4, 0.5) is 5.69 Å². The molecule has 20 heavy (non-hydrogen) atoms. The quantitative estimate of drug-likeness (QED) is 0.812. The maximum Gasteiger partial charge on any atom is 0.228 e. The normalized spacial score (nSPS) is 10.3. The van der Waals surface area contributed by atoms with Crippen molar-refractivity contribution < 1.29 is 9.90 Å². The molecule has 0 fully saturated rings. The highest BCUT2D eigenvalue weighted by atomic mass is 35.5. The van der Waals surface area contributed by atoms with Crippen molar-refractivity contribution in [1.82, 2.24) is 0 Å². The van der Waals surface area contributed by atoms with Crippen LogP contribution in [0.5, 0.6) is 5.75 Å². The van der Waals surface area contributed by atoms with Crippen LogP contribution < -0.4 is 5.32 Å². The molecule has 0 spiro atoms. The number of hydrogen-bond acceptors (Lipinski definition) is 2. The topological polar surface area (TPSA) is 49.3 Å². The van der Waals surface area contributed by atoms with Crippen molar-refractivity contribution in [2.24, 2.45) is 0 Å². The van der Waals surface area contributed by atoms with E-state index < -0.39 is 0 Å². The molecule has 0 saturated carbocycles. The number of halogens is 3. The summed E-state index contributed by atoms with van der Waals surface area (Å²) in [5.41, 5.74) is 0.905. The Labute approximate surface area is 131 Å². The number of benzene rings is 2. The average molecular weight is 331 g/mol. The van der Waals surface area contributed by atoms with E-state index in [9.17, 15) is 9.90 Å². The van der Waals surface area contributed by atoms with Gasteiger partial charge in [-0.15, -0.1) is 0 Å². The minimum atomic E-state index is -0.313. The smallest absolute Gasteiger partial charge is 0.228 e. The number of phenols is 1. The van der Waals surface area contributed by atoms with Crippen LogP contribution in [-0.2, 0) is 11.2 Å². The number of amides is 1. The summed E-state index contributed by atoms with van der Waals surface area (Å²) >= 11 is 17.7. The van der Waals surface area contributed by atoms with Gasteiger partial charge in [-0.2, -0.15) is 0 Å². The second-order valence-corrected chi connectivity index (χ2v) is 5.32. The van der Waals surface area contributed by atoms with Crippen LogP contribution in [0.2, 0.25) is 15.1 Å². The molecule has 0 aliphatic heterocycles. The lowest BCUT2D eigenvalue weighted by molar-refractivity contribution is -0.115. The summed E-state index contributed by atoms with van der Waals surface area (Å²) < 4.78 is 0. The van der Waals surface area contributed by atoms with Gasteiger partial charge in [0.05, 0.1) is 27.2 Å². The molecule has 6 heteroatoms. The molecular weight excluding hydrogens is 321 g/mol. The first-order chi connectivity index (χ1) is 9.47. The Balaban J connectivity index is 2.13. The number of phenolic OH excluding ortho intramolecular Hbond substituents is 1. The lowest BCUT2D eigenvalue weighted by atomic mass is 10.1. The standard InChI is InChI=1S/C14H10Cl3NO2/c15-9-6-11(17)12(7-10(9)16)18-14(20)5-8-3-1-2-4-13(8)19/h1-4,6-7,19H,5H2,(H,18,20). The molecule has 0 saturated heterocycles. The van der Waals surface area contributed by atoms with Crippen molar-refractivity contribution in [3.8, 4) is 5.75 Å². The Hall–Kier alpha value is -1.42. The molecule has 0 bridgehead atoms. The van der Waals surface area contributed by atoms with Crippen molar-refractivity contribution in [1.29, 1.82) is 0 Å². The van der Waals surface area contributed by atoms with Crippen LogP contribution in [0.15, 0.2) is 36.4 Å². The van der Waals surface area contributed by atoms with Crippen LogP contribution in [0.3, 0.4) is 0 Å². The van der Waals surface area contributed by atoms with Crippen LogP contribution in [-0.4, -0.2) is 11.0 Å². The number of carbonyl (C=O) groups excluding carboxylic acids is 1. The van der Waals surface area contributed by atoms with Crippen LogP contribution >= 0.6 is 34.8 Å². The zero-order valence-corrected chi connectivity index (χ0v) is 12.4. The highest BCUT2D eigenvalue weighted by Crippen LogP contribution is 2.32. The summed E-state index contributed by atoms with van der Waals surface area (Å²) in [6.45, 7) is 0. The van der Waals surface area contributed by atoms with E-state index in [0.717, 1.165) is 0 Å². The fourth-order valence-electron chi connectivity index (χ4n) is 1.65. The number of aromatic hydroxyl groups is 1. The SMILES string of the molecule is O=C(Cc1ccccc1O)Nc1cc(Cl)c(Cl)cc1Cl. The van der Waals surface area contributed by atoms with E-state index in [4.69, 9.17) is 34.8 Å². The van der Waals surface area contributed by atoms with Gasteiger partial charge >= 0.3 is 0 Å². The number of carbonyl (C=O) groups is 1. The Morgan fingerprint density at radius 1 is 1.05 bits per heavy atom. The van der Waals surface area contributed by atoms with Gasteiger partial charge in [0.25, 0.3) is 0 Å². The van der Waals surface area contributed by atoms with Gasteiger partial charge in [0.1, 0.15) is 5.75 Å². The fourth-order valence-corrected chi connectivity index (χ4v) is 2.24. The number of anilines is 1. The van der Waals surface area contributed by atoms with Gasteiger partial charge in [0.15, 0.2) is 0 Å². The number of nitrogens with one attached hydrogen (secondary N) is 1. The summed E-state index contributed by atoms with van der Waals surface area (Å²) in [7, 11) is 0. The summed E-state index contributed by atoms with van der Waals surface area (Å²) in [4.78, 5) is 11.9. The number of rotatable bonds is 3. The minimum absolute atomic E-state index is 0.0310. The van der Waals surface area contributed by atoms with Gasteiger partial charge in [-0.3, -0.25) is 4.79 Å². The molecule has 0 aromatic heterocycles. The molecule has 2 rings (SSSR count). The third-order valence-corrected chi connectivity index (χ3v) is 3.66. The Morgan fingerprint density at radius 3 is 2.40 bits per heavy atom. The monoisotopic (exact) mass is 329 g/mol. The first kappa shape index (κ1) is 15.0. The molecule has 2 aromatic carbocycles. The van der Waals surface area contributed by atoms with Gasteiger partial charge in [-0.25, -0.2) is 0 Å². The van der Waals surface area contributed by atoms with E-state index in [1.165, 1.54) is 18.2 Å². The van der Waals surface area contributed by atoms with E-state index in [0.29, 0.717) is 26.3 Å². The Kier molecular flexibility index (Phi) is 4.76. The van der Waals surface area contributed by atoms with E-state index in [2.05, 4.69) is 5.32 Å². The lowest BCUT2D eigenvalue weighted by Gasteiger charge is -2.09. The molecule has 0 radical (unpaired) electrons. The van der Waals surface area contributed by atoms with E-state index in [-0.39, 0.29) is 18.1 Å². The molecule has 3 nitrogen and oxygen atoms in total. The van der Waals surface area contributed by atoms with E-state index in [1.54, 1.807) is 18.2 Å². The third-order valence-electron chi connectivity index (χ3n) is 2.63. The maximum absolute atomic E-state index is 11.9. The largest absolute Gasteiger partial charge is 0.508 e. The molecule has 2 aromatic rings. The molecule has 0 atom stereocenters. The fraction of sp³-hybridized carbons (Fsp3) is 0.0714. The van der Waals surface area contributed by atoms with Crippen molar-refractivity contribution in [2.75, 3.05) is 5.32 Å². The van der Waals surface area contributed by atoms with E-state index >= 15 is 0 Å². The Bertz CT molecular complexity index is 659. The van der Waals surface area contributed by atoms with Crippen LogP contribution in [0, 0.1) is 0 Å². The van der Waals surface area contributed by atoms with Crippen LogP contribution in [0.1, 0.15) is 5.56 Å². The second-order valence-electron chi connectivity index (χ2n) is 4.10. The van der Waals surface area contributed by atoms with Crippen molar-refractivity contribution in [3.05, 3.63) is 57.0 Å². The summed E-state index contributed by atoms with van der Waals surface area (Å²) in [6, 6.07) is 9.57. The first-order valence-electron chi connectivity index (χ1n) is 5.68. The molecule has 104 valence electrons. The molecule has 0 unspecified atom stereocenters. The number of hydrogen-bond donors (Lipinski definition) is 2. The van der Waals surface area contributed by atoms with Gasteiger partial charge in [0.2, 0.25) is 5.91 Å². The minimum Gasteiger partial charge on any atom is -0.508 e. The molecule has 0 aliphatic rings. The summed E-state index contributed by atoms with van der Waals surface area (Å²) in [5.74, 6) is -0.241. The second kappa shape index (κ2) is 6.35. The Morgan fingerprint density at radius 2 is 1.70 bits per heavy atom. The maximum atomic E-state index is 11.9. The molecule has 1 amide bonds. The third kappa shape index (κ3) is 3.57. The molecule has 0 heterocycles.